The second-order valence-electron chi connectivity index (χ2n) is 6.49. The van der Waals surface area contributed by atoms with Crippen LogP contribution in [0.5, 0.6) is 0 Å². The number of halogens is 19. The lowest BCUT2D eigenvalue weighted by atomic mass is 9.90. The summed E-state index contributed by atoms with van der Waals surface area (Å²) in [5.74, 6) is -58.5. The summed E-state index contributed by atoms with van der Waals surface area (Å²) in [6, 6.07) is -6.76. The Morgan fingerprint density at radius 3 is 1.27 bits per heavy atom. The van der Waals surface area contributed by atoms with E-state index in [1.165, 1.54) is 0 Å². The van der Waals surface area contributed by atoms with Crippen molar-refractivity contribution in [3.63, 3.8) is 0 Å². The van der Waals surface area contributed by atoms with Gasteiger partial charge in [0.1, 0.15) is 0 Å². The van der Waals surface area contributed by atoms with Gasteiger partial charge in [0.15, 0.2) is 0 Å². The van der Waals surface area contributed by atoms with E-state index in [9.17, 15) is 93.0 Å². The lowest BCUT2D eigenvalue weighted by molar-refractivity contribution is -0.450. The van der Waals surface area contributed by atoms with Crippen LogP contribution in [0.4, 0.5) is 83.4 Å². The SMILES string of the molecule is C=CC(=O)OC(F)(F)C(F)(F)N(C)C(=O)C(F)(F)C(F)(F)C(F)(F)C(F)(F)C(F)(F)C(F)(F)C(F)(F)F. The normalized spacial score (nSPS) is 15.4. The van der Waals surface area contributed by atoms with E-state index in [1.54, 1.807) is 0 Å². The fraction of sp³-hybridized carbons (Fsp3) is 0.714. The van der Waals surface area contributed by atoms with E-state index in [1.807, 2.05) is 0 Å². The number of alkyl halides is 19. The van der Waals surface area contributed by atoms with Crippen LogP contribution in [0, 0.1) is 0 Å². The first-order valence-electron chi connectivity index (χ1n) is 8.00. The third kappa shape index (κ3) is 4.72. The Balaban J connectivity index is 6.76. The van der Waals surface area contributed by atoms with Crippen molar-refractivity contribution in [3.05, 3.63) is 12.7 Å². The number of carbonyl (C=O) groups is 2. The van der Waals surface area contributed by atoms with E-state index in [2.05, 4.69) is 11.3 Å². The molecule has 0 atom stereocenters. The Morgan fingerprint density at radius 1 is 0.622 bits per heavy atom. The number of esters is 1. The van der Waals surface area contributed by atoms with Crippen molar-refractivity contribution in [2.45, 2.75) is 53.9 Å². The fourth-order valence-electron chi connectivity index (χ4n) is 1.86. The molecule has 0 aromatic rings. The van der Waals surface area contributed by atoms with Crippen molar-refractivity contribution in [1.29, 1.82) is 0 Å². The zero-order valence-electron chi connectivity index (χ0n) is 16.6. The predicted octanol–water partition coefficient (Wildman–Crippen LogP) is 5.73. The number of ether oxygens (including phenoxy) is 1. The van der Waals surface area contributed by atoms with E-state index in [0.29, 0.717) is 0 Å². The van der Waals surface area contributed by atoms with Gasteiger partial charge in [-0.25, -0.2) is 4.79 Å². The summed E-state index contributed by atoms with van der Waals surface area (Å²) in [5, 5.41) is 0. The molecule has 0 bridgehead atoms. The first kappa shape index (κ1) is 34.4. The van der Waals surface area contributed by atoms with Gasteiger partial charge in [-0.2, -0.15) is 83.4 Å². The minimum atomic E-state index is -8.85. The van der Waals surface area contributed by atoms with Crippen LogP contribution in [0.2, 0.25) is 0 Å². The zero-order chi connectivity index (χ0) is 30.6. The molecule has 0 unspecified atom stereocenters. The molecule has 0 heterocycles. The molecule has 0 aromatic heterocycles. The highest BCUT2D eigenvalue weighted by Crippen LogP contribution is 2.62. The Morgan fingerprint density at radius 2 is 0.946 bits per heavy atom. The maximum atomic E-state index is 13.7. The third-order valence-corrected chi connectivity index (χ3v) is 4.07. The minimum Gasteiger partial charge on any atom is -0.391 e. The number of likely N-dealkylation sites (N-methyl/N-ethyl adjacent to an activating group) is 1. The molecule has 0 saturated heterocycles. The number of amides is 1. The summed E-state index contributed by atoms with van der Waals surface area (Å²) < 4.78 is 253. The van der Waals surface area contributed by atoms with E-state index in [0.717, 1.165) is 0 Å². The molecule has 0 N–H and O–H groups in total. The first-order chi connectivity index (χ1) is 15.8. The summed E-state index contributed by atoms with van der Waals surface area (Å²) >= 11 is 0. The van der Waals surface area contributed by atoms with E-state index < -0.39 is 77.7 Å². The number of nitrogens with zero attached hydrogens (tertiary/aromatic N) is 1. The molecule has 0 aromatic carbocycles. The average Bonchev–Trinajstić information content (AvgIpc) is 2.70. The molecule has 0 radical (unpaired) electrons. The molecule has 0 aliphatic rings. The van der Waals surface area contributed by atoms with Crippen LogP contribution in [-0.2, 0) is 14.3 Å². The molecular formula is C14H6F19NO3. The second-order valence-corrected chi connectivity index (χ2v) is 6.49. The van der Waals surface area contributed by atoms with Crippen LogP contribution in [0.1, 0.15) is 0 Å². The topological polar surface area (TPSA) is 46.6 Å². The quantitative estimate of drug-likeness (QED) is 0.140. The van der Waals surface area contributed by atoms with Gasteiger partial charge in [0.05, 0.1) is 0 Å². The van der Waals surface area contributed by atoms with Crippen molar-refractivity contribution in [2.24, 2.45) is 0 Å². The van der Waals surface area contributed by atoms with Crippen molar-refractivity contribution in [2.75, 3.05) is 7.05 Å². The van der Waals surface area contributed by atoms with Gasteiger partial charge in [-0.15, -0.1) is 0 Å². The second kappa shape index (κ2) is 8.98. The summed E-state index contributed by atoms with van der Waals surface area (Å²) in [4.78, 5) is 19.2. The van der Waals surface area contributed by atoms with Gasteiger partial charge in [-0.1, -0.05) is 6.58 Å². The number of hydrogen-bond acceptors (Lipinski definition) is 3. The molecule has 0 aliphatic heterocycles. The Bertz CT molecular complexity index is 906. The molecule has 0 fully saturated rings. The Hall–Kier alpha value is -2.65. The summed E-state index contributed by atoms with van der Waals surface area (Å²) in [7, 11) is -1.06. The van der Waals surface area contributed by atoms with Crippen molar-refractivity contribution < 1.29 is 97.7 Å². The highest BCUT2D eigenvalue weighted by molar-refractivity contribution is 5.85. The van der Waals surface area contributed by atoms with E-state index >= 15 is 0 Å². The maximum Gasteiger partial charge on any atom is 0.488 e. The van der Waals surface area contributed by atoms with Gasteiger partial charge < -0.3 is 4.74 Å². The number of carbonyl (C=O) groups excluding carboxylic acids is 2. The molecule has 4 nitrogen and oxygen atoms in total. The molecular weight excluding hydrogens is 591 g/mol. The standard InChI is InChI=1S/C14H6F19NO3/c1-3-4(35)37-14(32,33)13(30,31)34(2)5(36)6(15,16)7(17,18)8(19,20)9(21,22)10(23,24)11(25,26)12(27,28)29/h3H,1H2,2H3. The Labute approximate surface area is 189 Å². The van der Waals surface area contributed by atoms with Crippen LogP contribution < -0.4 is 0 Å². The molecule has 218 valence electrons. The van der Waals surface area contributed by atoms with Crippen molar-refractivity contribution in [3.8, 4) is 0 Å². The van der Waals surface area contributed by atoms with Crippen LogP contribution in [0.15, 0.2) is 12.7 Å². The van der Waals surface area contributed by atoms with Gasteiger partial charge in [0, 0.05) is 13.1 Å². The average molecular weight is 597 g/mol. The molecule has 0 rings (SSSR count). The van der Waals surface area contributed by atoms with Crippen molar-refractivity contribution in [1.82, 2.24) is 4.90 Å². The molecule has 37 heavy (non-hydrogen) atoms. The van der Waals surface area contributed by atoms with E-state index in [4.69, 9.17) is 0 Å². The maximum absolute atomic E-state index is 13.7. The smallest absolute Gasteiger partial charge is 0.391 e. The predicted molar refractivity (Wildman–Crippen MR) is 74.7 cm³/mol. The molecule has 1 amide bonds. The van der Waals surface area contributed by atoms with Gasteiger partial charge in [-0.3, -0.25) is 9.69 Å². The van der Waals surface area contributed by atoms with Crippen LogP contribution in [0.3, 0.4) is 0 Å². The molecule has 0 aliphatic carbocycles. The van der Waals surface area contributed by atoms with Crippen molar-refractivity contribution >= 4 is 11.9 Å². The van der Waals surface area contributed by atoms with Crippen LogP contribution >= 0.6 is 0 Å². The van der Waals surface area contributed by atoms with Gasteiger partial charge in [-0.05, 0) is 0 Å². The molecule has 0 spiro atoms. The summed E-state index contributed by atoms with van der Waals surface area (Å²) in [6.07, 6.45) is -14.7. The largest absolute Gasteiger partial charge is 0.488 e. The number of hydrogen-bond donors (Lipinski definition) is 0. The van der Waals surface area contributed by atoms with Gasteiger partial charge >= 0.3 is 65.7 Å². The first-order valence-corrected chi connectivity index (χ1v) is 8.00. The summed E-state index contributed by atoms with van der Waals surface area (Å²) in [6.45, 7) is 2.39. The summed E-state index contributed by atoms with van der Waals surface area (Å²) in [5.41, 5.74) is 0. The molecule has 23 heteroatoms. The highest BCUT2D eigenvalue weighted by atomic mass is 19.4. The van der Waals surface area contributed by atoms with E-state index in [-0.39, 0.29) is 6.08 Å². The zero-order valence-corrected chi connectivity index (χ0v) is 16.6. The van der Waals surface area contributed by atoms with Gasteiger partial charge in [0.25, 0.3) is 0 Å². The highest BCUT2D eigenvalue weighted by Gasteiger charge is 2.94. The lowest BCUT2D eigenvalue weighted by Crippen LogP contribution is -2.74. The third-order valence-electron chi connectivity index (χ3n) is 4.07. The van der Waals surface area contributed by atoms with Crippen LogP contribution in [-0.4, -0.2) is 77.7 Å². The number of rotatable bonds is 10. The lowest BCUT2D eigenvalue weighted by Gasteiger charge is -2.42. The monoisotopic (exact) mass is 597 g/mol. The van der Waals surface area contributed by atoms with Gasteiger partial charge in [0.2, 0.25) is 0 Å². The Kier molecular flexibility index (Phi) is 8.33. The minimum absolute atomic E-state index is 0.311. The molecule has 0 saturated carbocycles. The fourth-order valence-corrected chi connectivity index (χ4v) is 1.86. The van der Waals surface area contributed by atoms with Crippen LogP contribution in [0.25, 0.3) is 0 Å².